The molecule has 0 saturated heterocycles. The number of fused-ring (bicyclic) bond motifs is 1. The summed E-state index contributed by atoms with van der Waals surface area (Å²) in [4.78, 5) is 32.1. The smallest absolute Gasteiger partial charge is 0.137 e. The van der Waals surface area contributed by atoms with E-state index in [1.165, 1.54) is 24.3 Å². The molecule has 102 valence electrons. The standard InChI is InChI=1S/C12H9N4O4/c1-2-16(20)12-6-8-4-10(14-18)9(13-17)3-7(8)5-11(12)15-19/h3-6H,2H2,1H3/q-1. The minimum Gasteiger partial charge on any atom is -0.758 e. The SMILES string of the molecule is CCN([O-])c1cc2cc(N=O)c(N=O)cc2cc1N=O. The number of hydrogen-bond donors (Lipinski definition) is 0. The number of anilines is 1. The van der Waals surface area contributed by atoms with Gasteiger partial charge in [-0.05, 0) is 57.5 Å². The van der Waals surface area contributed by atoms with Crippen molar-refractivity contribution >= 4 is 33.5 Å². The van der Waals surface area contributed by atoms with E-state index in [9.17, 15) is 19.9 Å². The van der Waals surface area contributed by atoms with Gasteiger partial charge >= 0.3 is 0 Å². The van der Waals surface area contributed by atoms with Crippen LogP contribution in [-0.4, -0.2) is 6.54 Å². The summed E-state index contributed by atoms with van der Waals surface area (Å²) in [6.07, 6.45) is 0. The molecule has 0 aliphatic rings. The minimum atomic E-state index is -0.133. The molecule has 0 saturated carbocycles. The van der Waals surface area contributed by atoms with E-state index in [0.29, 0.717) is 15.8 Å². The summed E-state index contributed by atoms with van der Waals surface area (Å²) in [6, 6.07) is 5.44. The lowest BCUT2D eigenvalue weighted by atomic mass is 10.1. The Kier molecular flexibility index (Phi) is 3.76. The second kappa shape index (κ2) is 5.49. The van der Waals surface area contributed by atoms with Crippen LogP contribution in [0.15, 0.2) is 39.8 Å². The number of nitrogens with zero attached hydrogens (tertiary/aromatic N) is 4. The van der Waals surface area contributed by atoms with E-state index in [1.807, 2.05) is 0 Å². The van der Waals surface area contributed by atoms with Crippen LogP contribution in [0.3, 0.4) is 0 Å². The fourth-order valence-electron chi connectivity index (χ4n) is 1.89. The molecule has 8 heteroatoms. The fourth-order valence-corrected chi connectivity index (χ4v) is 1.89. The Hall–Kier alpha value is -2.74. The topological polar surface area (TPSA) is 115 Å². The number of hydrogen-bond acceptors (Lipinski definition) is 8. The van der Waals surface area contributed by atoms with E-state index in [-0.39, 0.29) is 29.3 Å². The first kappa shape index (κ1) is 13.7. The van der Waals surface area contributed by atoms with Crippen molar-refractivity contribution < 1.29 is 0 Å². The molecule has 0 N–H and O–H groups in total. The maximum atomic E-state index is 11.7. The van der Waals surface area contributed by atoms with Crippen molar-refractivity contribution in [1.29, 1.82) is 0 Å². The van der Waals surface area contributed by atoms with Crippen LogP contribution in [0.2, 0.25) is 0 Å². The molecule has 0 atom stereocenters. The highest BCUT2D eigenvalue weighted by Gasteiger charge is 2.11. The Morgan fingerprint density at radius 1 is 0.900 bits per heavy atom. The molecule has 0 unspecified atom stereocenters. The van der Waals surface area contributed by atoms with Gasteiger partial charge in [-0.25, -0.2) is 0 Å². The molecule has 0 aromatic heterocycles. The van der Waals surface area contributed by atoms with Gasteiger partial charge < -0.3 is 10.3 Å². The molecule has 0 fully saturated rings. The summed E-state index contributed by atoms with van der Waals surface area (Å²) in [5, 5.41) is 21.4. The molecular formula is C12H9N4O4-. The average molecular weight is 273 g/mol. The van der Waals surface area contributed by atoms with Gasteiger partial charge in [0.05, 0.1) is 5.69 Å². The Labute approximate surface area is 112 Å². The minimum absolute atomic E-state index is 0.0435. The Balaban J connectivity index is 2.77. The number of benzene rings is 2. The van der Waals surface area contributed by atoms with Crippen LogP contribution in [0.1, 0.15) is 6.92 Å². The lowest BCUT2D eigenvalue weighted by Crippen LogP contribution is -2.13. The van der Waals surface area contributed by atoms with Crippen LogP contribution in [0.5, 0.6) is 0 Å². The average Bonchev–Trinajstić information content (AvgIpc) is 2.51. The highest BCUT2D eigenvalue weighted by molar-refractivity contribution is 5.96. The van der Waals surface area contributed by atoms with Crippen LogP contribution in [0.25, 0.3) is 10.8 Å². The van der Waals surface area contributed by atoms with Crippen molar-refractivity contribution in [3.63, 3.8) is 0 Å². The summed E-state index contributed by atoms with van der Waals surface area (Å²) >= 11 is 0. The fraction of sp³-hybridized carbons (Fsp3) is 0.167. The third-order valence-corrected chi connectivity index (χ3v) is 2.88. The summed E-state index contributed by atoms with van der Waals surface area (Å²) in [5.74, 6) is 0. The summed E-state index contributed by atoms with van der Waals surface area (Å²) < 4.78 is 0. The molecule has 0 heterocycles. The maximum absolute atomic E-state index is 11.7. The van der Waals surface area contributed by atoms with E-state index in [2.05, 4.69) is 15.5 Å². The first-order valence-electron chi connectivity index (χ1n) is 5.71. The molecular weight excluding hydrogens is 264 g/mol. The van der Waals surface area contributed by atoms with Gasteiger partial charge in [0, 0.05) is 6.54 Å². The van der Waals surface area contributed by atoms with Gasteiger partial charge in [0.15, 0.2) is 0 Å². The monoisotopic (exact) mass is 273 g/mol. The third-order valence-electron chi connectivity index (χ3n) is 2.88. The van der Waals surface area contributed by atoms with E-state index >= 15 is 0 Å². The van der Waals surface area contributed by atoms with Crippen molar-refractivity contribution in [2.75, 3.05) is 11.6 Å². The second-order valence-corrected chi connectivity index (χ2v) is 4.00. The van der Waals surface area contributed by atoms with Gasteiger partial charge in [-0.15, -0.1) is 14.7 Å². The first-order valence-corrected chi connectivity index (χ1v) is 5.71. The Morgan fingerprint density at radius 3 is 1.80 bits per heavy atom. The molecule has 2 rings (SSSR count). The predicted octanol–water partition coefficient (Wildman–Crippen LogP) is 4.36. The quantitative estimate of drug-likeness (QED) is 0.592. The Morgan fingerprint density at radius 2 is 1.35 bits per heavy atom. The zero-order valence-corrected chi connectivity index (χ0v) is 10.4. The Bertz CT molecular complexity index is 701. The summed E-state index contributed by atoms with van der Waals surface area (Å²) in [5.41, 5.74) is -0.206. The van der Waals surface area contributed by atoms with Crippen LogP contribution < -0.4 is 5.06 Å². The highest BCUT2D eigenvalue weighted by Crippen LogP contribution is 2.38. The van der Waals surface area contributed by atoms with Crippen LogP contribution in [-0.2, 0) is 0 Å². The van der Waals surface area contributed by atoms with Gasteiger partial charge in [-0.3, -0.25) is 0 Å². The molecule has 0 aliphatic heterocycles. The lowest BCUT2D eigenvalue weighted by molar-refractivity contribution is 1.02. The summed E-state index contributed by atoms with van der Waals surface area (Å²) in [7, 11) is 0. The maximum Gasteiger partial charge on any atom is 0.137 e. The molecule has 0 bridgehead atoms. The molecule has 8 nitrogen and oxygen atoms in total. The zero-order chi connectivity index (χ0) is 14.7. The molecule has 0 spiro atoms. The highest BCUT2D eigenvalue weighted by atomic mass is 16.5. The number of hydroxylamine groups is 1. The molecule has 0 radical (unpaired) electrons. The molecule has 2 aromatic carbocycles. The second-order valence-electron chi connectivity index (χ2n) is 4.00. The molecule has 0 amide bonds. The van der Waals surface area contributed by atoms with Gasteiger partial charge in [0.2, 0.25) is 0 Å². The van der Waals surface area contributed by atoms with Gasteiger partial charge in [-0.2, -0.15) is 0 Å². The van der Waals surface area contributed by atoms with E-state index in [0.717, 1.165) is 0 Å². The van der Waals surface area contributed by atoms with Gasteiger partial charge in [-0.1, -0.05) is 0 Å². The third kappa shape index (κ3) is 2.24. The zero-order valence-electron chi connectivity index (χ0n) is 10.4. The number of nitroso groups, excluding NO2 is 3. The van der Waals surface area contributed by atoms with Crippen molar-refractivity contribution in [2.24, 2.45) is 15.5 Å². The van der Waals surface area contributed by atoms with Crippen molar-refractivity contribution in [2.45, 2.75) is 6.92 Å². The molecule has 20 heavy (non-hydrogen) atoms. The van der Waals surface area contributed by atoms with Gasteiger partial charge in [0.25, 0.3) is 0 Å². The van der Waals surface area contributed by atoms with Crippen LogP contribution in [0.4, 0.5) is 22.7 Å². The van der Waals surface area contributed by atoms with Gasteiger partial charge in [0.1, 0.15) is 17.1 Å². The van der Waals surface area contributed by atoms with E-state index in [1.54, 1.807) is 6.92 Å². The molecule has 0 aliphatic carbocycles. The normalized spacial score (nSPS) is 10.3. The van der Waals surface area contributed by atoms with Crippen LogP contribution in [0, 0.1) is 19.9 Å². The van der Waals surface area contributed by atoms with Crippen molar-refractivity contribution in [3.8, 4) is 0 Å². The van der Waals surface area contributed by atoms with Crippen molar-refractivity contribution in [3.05, 3.63) is 44.2 Å². The largest absolute Gasteiger partial charge is 0.758 e. The summed E-state index contributed by atoms with van der Waals surface area (Å²) in [6.45, 7) is 1.77. The van der Waals surface area contributed by atoms with Crippen LogP contribution >= 0.6 is 0 Å². The first-order chi connectivity index (χ1) is 9.64. The predicted molar refractivity (Wildman–Crippen MR) is 76.7 cm³/mol. The lowest BCUT2D eigenvalue weighted by Gasteiger charge is -2.29. The van der Waals surface area contributed by atoms with Crippen molar-refractivity contribution in [1.82, 2.24) is 0 Å². The van der Waals surface area contributed by atoms with E-state index in [4.69, 9.17) is 0 Å². The molecule has 2 aromatic rings. The number of rotatable bonds is 5. The van der Waals surface area contributed by atoms with E-state index < -0.39 is 0 Å².